The lowest BCUT2D eigenvalue weighted by molar-refractivity contribution is 0.271. The van der Waals surface area contributed by atoms with E-state index in [-0.39, 0.29) is 5.54 Å². The van der Waals surface area contributed by atoms with E-state index >= 15 is 0 Å². The van der Waals surface area contributed by atoms with Gasteiger partial charge < -0.3 is 5.32 Å². The summed E-state index contributed by atoms with van der Waals surface area (Å²) in [6, 6.07) is 4.20. The molecule has 0 radical (unpaired) electrons. The summed E-state index contributed by atoms with van der Waals surface area (Å²) in [7, 11) is 0. The zero-order valence-corrected chi connectivity index (χ0v) is 12.9. The van der Waals surface area contributed by atoms with Gasteiger partial charge in [0.25, 0.3) is 0 Å². The van der Waals surface area contributed by atoms with Crippen LogP contribution in [0.25, 0.3) is 0 Å². The molecule has 1 aromatic heterocycles. The zero-order valence-electron chi connectivity index (χ0n) is 12.9. The van der Waals surface area contributed by atoms with Crippen molar-refractivity contribution in [3.05, 3.63) is 30.1 Å². The fraction of sp³-hybridized carbons (Fsp3) is 0.688. The summed E-state index contributed by atoms with van der Waals surface area (Å²) in [5.41, 5.74) is 1.59. The van der Waals surface area contributed by atoms with Crippen molar-refractivity contribution >= 4 is 0 Å². The molecule has 0 aromatic carbocycles. The summed E-state index contributed by atoms with van der Waals surface area (Å²) in [5.74, 6) is 0. The van der Waals surface area contributed by atoms with Gasteiger partial charge in [-0.05, 0) is 70.9 Å². The maximum atomic E-state index is 4.06. The second kappa shape index (κ2) is 8.28. The molecule has 108 valence electrons. The number of hydrogen-bond acceptors (Lipinski definition) is 3. The molecule has 0 aliphatic rings. The van der Waals surface area contributed by atoms with Gasteiger partial charge in [0.15, 0.2) is 0 Å². The van der Waals surface area contributed by atoms with Crippen LogP contribution < -0.4 is 5.32 Å². The first-order valence-corrected chi connectivity index (χ1v) is 7.37. The summed E-state index contributed by atoms with van der Waals surface area (Å²) in [5, 5.41) is 3.54. The Hall–Kier alpha value is -0.930. The Morgan fingerprint density at radius 1 is 1.16 bits per heavy atom. The zero-order chi connectivity index (χ0) is 14.1. The standard InChI is InChI=1S/C16H29N3/c1-5-19(14-15-8-11-17-12-9-15)13-7-6-10-18-16(2,3)4/h8-9,11-12,18H,5-7,10,13-14H2,1-4H3. The highest BCUT2D eigenvalue weighted by Gasteiger charge is 2.08. The van der Waals surface area contributed by atoms with Crippen LogP contribution in [-0.4, -0.2) is 35.1 Å². The molecule has 19 heavy (non-hydrogen) atoms. The van der Waals surface area contributed by atoms with Gasteiger partial charge in [0.1, 0.15) is 0 Å². The molecule has 0 aliphatic heterocycles. The average Bonchev–Trinajstić information content (AvgIpc) is 2.37. The van der Waals surface area contributed by atoms with Crippen LogP contribution in [0.15, 0.2) is 24.5 Å². The van der Waals surface area contributed by atoms with Crippen molar-refractivity contribution in [1.29, 1.82) is 0 Å². The number of unbranched alkanes of at least 4 members (excludes halogenated alkanes) is 1. The highest BCUT2D eigenvalue weighted by Crippen LogP contribution is 2.05. The van der Waals surface area contributed by atoms with Gasteiger partial charge in [0, 0.05) is 24.5 Å². The lowest BCUT2D eigenvalue weighted by Crippen LogP contribution is -2.36. The van der Waals surface area contributed by atoms with Crippen LogP contribution in [0.3, 0.4) is 0 Å². The SMILES string of the molecule is CCN(CCCCNC(C)(C)C)Cc1ccncc1. The van der Waals surface area contributed by atoms with Crippen LogP contribution in [0.1, 0.15) is 46.1 Å². The molecule has 1 aromatic rings. The highest BCUT2D eigenvalue weighted by molar-refractivity contribution is 5.09. The van der Waals surface area contributed by atoms with Gasteiger partial charge in [-0.25, -0.2) is 0 Å². The number of nitrogens with zero attached hydrogens (tertiary/aromatic N) is 2. The third kappa shape index (κ3) is 7.96. The van der Waals surface area contributed by atoms with E-state index in [2.05, 4.69) is 55.0 Å². The third-order valence-electron chi connectivity index (χ3n) is 3.16. The summed E-state index contributed by atoms with van der Waals surface area (Å²) >= 11 is 0. The summed E-state index contributed by atoms with van der Waals surface area (Å²) in [6.07, 6.45) is 6.24. The van der Waals surface area contributed by atoms with E-state index in [1.807, 2.05) is 12.4 Å². The molecule has 0 unspecified atom stereocenters. The fourth-order valence-corrected chi connectivity index (χ4v) is 2.02. The van der Waals surface area contributed by atoms with Crippen molar-refractivity contribution in [2.45, 2.75) is 52.6 Å². The number of hydrogen-bond donors (Lipinski definition) is 1. The Morgan fingerprint density at radius 2 is 1.84 bits per heavy atom. The molecule has 1 rings (SSSR count). The predicted octanol–water partition coefficient (Wildman–Crippen LogP) is 3.07. The maximum absolute atomic E-state index is 4.06. The molecule has 0 amide bonds. The van der Waals surface area contributed by atoms with Crippen molar-refractivity contribution in [3.8, 4) is 0 Å². The molecule has 0 spiro atoms. The van der Waals surface area contributed by atoms with E-state index in [0.29, 0.717) is 0 Å². The second-order valence-corrected chi connectivity index (χ2v) is 6.11. The molecule has 0 saturated carbocycles. The Bertz CT molecular complexity index is 330. The maximum Gasteiger partial charge on any atom is 0.0271 e. The molecule has 0 atom stereocenters. The molecule has 3 nitrogen and oxygen atoms in total. The molecule has 0 saturated heterocycles. The monoisotopic (exact) mass is 263 g/mol. The summed E-state index contributed by atoms with van der Waals surface area (Å²) in [4.78, 5) is 6.55. The quantitative estimate of drug-likeness (QED) is 0.731. The minimum absolute atomic E-state index is 0.238. The van der Waals surface area contributed by atoms with Gasteiger partial charge in [-0.15, -0.1) is 0 Å². The summed E-state index contributed by atoms with van der Waals surface area (Å²) < 4.78 is 0. The van der Waals surface area contributed by atoms with Crippen LogP contribution in [0.4, 0.5) is 0 Å². The molecular formula is C16H29N3. The first kappa shape index (κ1) is 16.1. The minimum Gasteiger partial charge on any atom is -0.312 e. The average molecular weight is 263 g/mol. The van der Waals surface area contributed by atoms with Gasteiger partial charge in [0.05, 0.1) is 0 Å². The molecule has 0 bridgehead atoms. The fourth-order valence-electron chi connectivity index (χ4n) is 2.02. The van der Waals surface area contributed by atoms with Crippen molar-refractivity contribution < 1.29 is 0 Å². The van der Waals surface area contributed by atoms with Gasteiger partial charge >= 0.3 is 0 Å². The topological polar surface area (TPSA) is 28.2 Å². The van der Waals surface area contributed by atoms with Gasteiger partial charge in [-0.2, -0.15) is 0 Å². The van der Waals surface area contributed by atoms with Gasteiger partial charge in [-0.1, -0.05) is 6.92 Å². The Kier molecular flexibility index (Phi) is 7.03. The van der Waals surface area contributed by atoms with Crippen molar-refractivity contribution in [2.75, 3.05) is 19.6 Å². The van der Waals surface area contributed by atoms with E-state index in [0.717, 1.165) is 19.6 Å². The van der Waals surface area contributed by atoms with E-state index in [1.54, 1.807) is 0 Å². The molecule has 1 heterocycles. The van der Waals surface area contributed by atoms with Gasteiger partial charge in [0.2, 0.25) is 0 Å². The second-order valence-electron chi connectivity index (χ2n) is 6.11. The number of nitrogens with one attached hydrogen (secondary N) is 1. The lowest BCUT2D eigenvalue weighted by atomic mass is 10.1. The third-order valence-corrected chi connectivity index (χ3v) is 3.16. The molecule has 0 aliphatic carbocycles. The molecule has 3 heteroatoms. The van der Waals surface area contributed by atoms with Crippen molar-refractivity contribution in [1.82, 2.24) is 15.2 Å². The Labute approximate surface area is 118 Å². The largest absolute Gasteiger partial charge is 0.312 e. The van der Waals surface area contributed by atoms with Crippen LogP contribution in [0.2, 0.25) is 0 Å². The van der Waals surface area contributed by atoms with E-state index in [4.69, 9.17) is 0 Å². The van der Waals surface area contributed by atoms with Crippen LogP contribution >= 0.6 is 0 Å². The Morgan fingerprint density at radius 3 is 2.42 bits per heavy atom. The van der Waals surface area contributed by atoms with Crippen LogP contribution in [0, 0.1) is 0 Å². The normalized spacial score (nSPS) is 12.1. The highest BCUT2D eigenvalue weighted by atomic mass is 15.1. The van der Waals surface area contributed by atoms with E-state index in [9.17, 15) is 0 Å². The molecule has 1 N–H and O–H groups in total. The summed E-state index contributed by atoms with van der Waals surface area (Å²) in [6.45, 7) is 13.3. The first-order chi connectivity index (χ1) is 9.01. The van der Waals surface area contributed by atoms with Gasteiger partial charge in [-0.3, -0.25) is 9.88 Å². The smallest absolute Gasteiger partial charge is 0.0271 e. The van der Waals surface area contributed by atoms with E-state index in [1.165, 1.54) is 24.9 Å². The number of rotatable bonds is 8. The van der Waals surface area contributed by atoms with Crippen molar-refractivity contribution in [2.24, 2.45) is 0 Å². The van der Waals surface area contributed by atoms with Crippen LogP contribution in [-0.2, 0) is 6.54 Å². The van der Waals surface area contributed by atoms with Crippen molar-refractivity contribution in [3.63, 3.8) is 0 Å². The lowest BCUT2D eigenvalue weighted by Gasteiger charge is -2.22. The number of aromatic nitrogens is 1. The first-order valence-electron chi connectivity index (χ1n) is 7.37. The molecular weight excluding hydrogens is 234 g/mol. The minimum atomic E-state index is 0.238. The van der Waals surface area contributed by atoms with E-state index < -0.39 is 0 Å². The molecule has 0 fully saturated rings. The predicted molar refractivity (Wildman–Crippen MR) is 82.2 cm³/mol. The van der Waals surface area contributed by atoms with Crippen LogP contribution in [0.5, 0.6) is 0 Å². The Balaban J connectivity index is 2.19. The number of pyridine rings is 1.